The number of aromatic nitrogens is 1. The largest absolute Gasteiger partial charge is 0.394 e. The van der Waals surface area contributed by atoms with Crippen LogP contribution in [-0.4, -0.2) is 40.7 Å². The number of aliphatic hydroxyl groups is 1. The summed E-state index contributed by atoms with van der Waals surface area (Å²) in [7, 11) is 1.64. The minimum Gasteiger partial charge on any atom is -0.394 e. The Morgan fingerprint density at radius 2 is 1.84 bits per heavy atom. The molecular weight excluding hydrogens is 414 g/mol. The first-order valence-electron chi connectivity index (χ1n) is 10.0. The lowest BCUT2D eigenvalue weighted by atomic mass is 10.1. The van der Waals surface area contributed by atoms with Crippen LogP contribution in [0.5, 0.6) is 0 Å². The molecule has 166 valence electrons. The maximum atomic E-state index is 13.8. The first-order valence-corrected chi connectivity index (χ1v) is 10.0. The number of nitrogens with one attached hydrogen (secondary N) is 1. The Morgan fingerprint density at radius 1 is 1.19 bits per heavy atom. The quantitative estimate of drug-likeness (QED) is 0.587. The van der Waals surface area contributed by atoms with Gasteiger partial charge in [-0.1, -0.05) is 18.2 Å². The summed E-state index contributed by atoms with van der Waals surface area (Å²) in [6.45, 7) is 3.11. The average molecular weight is 438 g/mol. The van der Waals surface area contributed by atoms with Crippen molar-refractivity contribution >= 4 is 11.7 Å². The van der Waals surface area contributed by atoms with E-state index in [4.69, 9.17) is 0 Å². The smallest absolute Gasteiger partial charge is 0.239 e. The number of halogens is 2. The summed E-state index contributed by atoms with van der Waals surface area (Å²) in [5.41, 5.74) is 2.67. The Morgan fingerprint density at radius 3 is 2.44 bits per heavy atom. The minimum atomic E-state index is -0.592. The first kappa shape index (κ1) is 23.1. The van der Waals surface area contributed by atoms with Crippen LogP contribution in [0.25, 0.3) is 5.69 Å². The van der Waals surface area contributed by atoms with Gasteiger partial charge in [-0.3, -0.25) is 14.3 Å². The molecule has 1 atom stereocenters. The van der Waals surface area contributed by atoms with Crippen LogP contribution in [0.2, 0.25) is 0 Å². The number of anilines is 1. The molecule has 3 aromatic rings. The van der Waals surface area contributed by atoms with Gasteiger partial charge in [0.05, 0.1) is 30.4 Å². The molecule has 0 saturated carbocycles. The molecule has 3 rings (SSSR count). The highest BCUT2D eigenvalue weighted by Crippen LogP contribution is 2.30. The van der Waals surface area contributed by atoms with Gasteiger partial charge in [0.2, 0.25) is 5.91 Å². The zero-order valence-electron chi connectivity index (χ0n) is 18.1. The fraction of sp³-hybridized carbons (Fsp3) is 0.250. The van der Waals surface area contributed by atoms with E-state index in [9.17, 15) is 23.9 Å². The second kappa shape index (κ2) is 9.73. The third kappa shape index (κ3) is 4.69. The Kier molecular flexibility index (Phi) is 7.03. The molecule has 0 unspecified atom stereocenters. The van der Waals surface area contributed by atoms with Gasteiger partial charge in [-0.05, 0) is 62.4 Å². The fourth-order valence-electron chi connectivity index (χ4n) is 3.72. The average Bonchev–Trinajstić information content (AvgIpc) is 2.97. The number of carbonyl (C=O) groups is 1. The summed E-state index contributed by atoms with van der Waals surface area (Å²) in [5.74, 6) is -1.06. The van der Waals surface area contributed by atoms with E-state index in [1.807, 2.05) is 0 Å². The van der Waals surface area contributed by atoms with E-state index in [-0.39, 0.29) is 24.5 Å². The predicted octanol–water partition coefficient (Wildman–Crippen LogP) is 3.85. The predicted molar refractivity (Wildman–Crippen MR) is 117 cm³/mol. The van der Waals surface area contributed by atoms with E-state index in [0.717, 1.165) is 0 Å². The Labute approximate surface area is 185 Å². The second-order valence-electron chi connectivity index (χ2n) is 7.58. The van der Waals surface area contributed by atoms with Crippen molar-refractivity contribution in [2.75, 3.05) is 25.5 Å². The lowest BCUT2D eigenvalue weighted by Crippen LogP contribution is -2.35. The molecule has 32 heavy (non-hydrogen) atoms. The first-order chi connectivity index (χ1) is 15.3. The zero-order valence-corrected chi connectivity index (χ0v) is 18.1. The van der Waals surface area contributed by atoms with Gasteiger partial charge >= 0.3 is 0 Å². The van der Waals surface area contributed by atoms with Crippen molar-refractivity contribution in [3.63, 3.8) is 0 Å². The number of amides is 1. The molecule has 2 N–H and O–H groups in total. The van der Waals surface area contributed by atoms with Gasteiger partial charge in [0.15, 0.2) is 0 Å². The van der Waals surface area contributed by atoms with Gasteiger partial charge < -0.3 is 10.4 Å². The Balaban J connectivity index is 1.89. The van der Waals surface area contributed by atoms with Crippen LogP contribution in [0, 0.1) is 36.8 Å². The Bertz CT molecular complexity index is 1180. The summed E-state index contributed by atoms with van der Waals surface area (Å²) in [6, 6.07) is 13.2. The molecule has 0 saturated heterocycles. The third-order valence-electron chi connectivity index (χ3n) is 5.48. The molecule has 0 aliphatic carbocycles. The number of rotatable bonds is 7. The maximum absolute atomic E-state index is 13.8. The number of carbonyl (C=O) groups excluding carboxylic acids is 1. The molecule has 6 nitrogen and oxygen atoms in total. The number of aliphatic hydroxyl groups excluding tert-OH is 1. The molecule has 0 fully saturated rings. The normalized spacial score (nSPS) is 11.9. The number of hydrogen-bond acceptors (Lipinski definition) is 4. The van der Waals surface area contributed by atoms with E-state index in [1.54, 1.807) is 48.6 Å². The standard InChI is InChI=1S/C24H24F2N4O2/c1-15-16(2)30(20-9-5-8-19(26)11-20)24(21(15)12-27)28-23(32)13-29(3)22(14-31)17-6-4-7-18(25)10-17/h4-11,22,31H,13-14H2,1-3H3,(H,28,32)/t22-/m1/s1. The van der Waals surface area contributed by atoms with Crippen molar-refractivity contribution < 1.29 is 18.7 Å². The van der Waals surface area contributed by atoms with Crippen molar-refractivity contribution in [3.05, 3.63) is 82.5 Å². The topological polar surface area (TPSA) is 81.3 Å². The van der Waals surface area contributed by atoms with E-state index in [0.29, 0.717) is 22.5 Å². The number of nitrogens with zero attached hydrogens (tertiary/aromatic N) is 3. The monoisotopic (exact) mass is 438 g/mol. The SMILES string of the molecule is Cc1c(C#N)c(NC(=O)CN(C)[C@H](CO)c2cccc(F)c2)n(-c2cccc(F)c2)c1C. The lowest BCUT2D eigenvalue weighted by Gasteiger charge is -2.26. The van der Waals surface area contributed by atoms with E-state index < -0.39 is 23.6 Å². The third-order valence-corrected chi connectivity index (χ3v) is 5.48. The summed E-state index contributed by atoms with van der Waals surface area (Å²) in [4.78, 5) is 14.5. The number of benzene rings is 2. The van der Waals surface area contributed by atoms with Crippen molar-refractivity contribution in [2.24, 2.45) is 0 Å². The molecule has 1 aromatic heterocycles. The summed E-state index contributed by atoms with van der Waals surface area (Å²) in [6.07, 6.45) is 0. The molecular formula is C24H24F2N4O2. The van der Waals surface area contributed by atoms with Crippen LogP contribution in [0.1, 0.15) is 28.4 Å². The minimum absolute atomic E-state index is 0.126. The van der Waals surface area contributed by atoms with Crippen LogP contribution < -0.4 is 5.32 Å². The summed E-state index contributed by atoms with van der Waals surface area (Å²) < 4.78 is 29.1. The second-order valence-corrected chi connectivity index (χ2v) is 7.58. The molecule has 0 spiro atoms. The van der Waals surface area contributed by atoms with Gasteiger partial charge in [0, 0.05) is 5.69 Å². The summed E-state index contributed by atoms with van der Waals surface area (Å²) in [5, 5.41) is 22.2. The molecule has 1 heterocycles. The molecule has 0 bridgehead atoms. The van der Waals surface area contributed by atoms with Crippen molar-refractivity contribution in [3.8, 4) is 11.8 Å². The van der Waals surface area contributed by atoms with Crippen molar-refractivity contribution in [1.82, 2.24) is 9.47 Å². The fourth-order valence-corrected chi connectivity index (χ4v) is 3.72. The maximum Gasteiger partial charge on any atom is 0.239 e. The van der Waals surface area contributed by atoms with Crippen molar-refractivity contribution in [2.45, 2.75) is 19.9 Å². The van der Waals surface area contributed by atoms with Crippen LogP contribution in [0.15, 0.2) is 48.5 Å². The van der Waals surface area contributed by atoms with Gasteiger partial charge in [0.1, 0.15) is 23.5 Å². The van der Waals surface area contributed by atoms with Crippen molar-refractivity contribution in [1.29, 1.82) is 5.26 Å². The van der Waals surface area contributed by atoms with Crippen LogP contribution in [0.3, 0.4) is 0 Å². The molecule has 0 aliphatic rings. The van der Waals surface area contributed by atoms with E-state index in [1.165, 1.54) is 30.3 Å². The molecule has 1 amide bonds. The van der Waals surface area contributed by atoms with E-state index >= 15 is 0 Å². The molecule has 2 aromatic carbocycles. The molecule has 0 radical (unpaired) electrons. The van der Waals surface area contributed by atoms with Crippen LogP contribution in [0.4, 0.5) is 14.6 Å². The number of nitriles is 1. The summed E-state index contributed by atoms with van der Waals surface area (Å²) >= 11 is 0. The van der Waals surface area contributed by atoms with Crippen LogP contribution >= 0.6 is 0 Å². The molecule has 8 heteroatoms. The number of likely N-dealkylation sites (N-methyl/N-ethyl adjacent to an activating group) is 1. The highest BCUT2D eigenvalue weighted by molar-refractivity contribution is 5.93. The zero-order chi connectivity index (χ0) is 23.4. The van der Waals surface area contributed by atoms with Gasteiger partial charge in [-0.15, -0.1) is 0 Å². The van der Waals surface area contributed by atoms with Crippen LogP contribution in [-0.2, 0) is 4.79 Å². The highest BCUT2D eigenvalue weighted by Gasteiger charge is 2.23. The lowest BCUT2D eigenvalue weighted by molar-refractivity contribution is -0.117. The molecule has 0 aliphatic heterocycles. The highest BCUT2D eigenvalue weighted by atomic mass is 19.1. The van der Waals surface area contributed by atoms with E-state index in [2.05, 4.69) is 11.4 Å². The number of hydrogen-bond donors (Lipinski definition) is 2. The van der Waals surface area contributed by atoms with Gasteiger partial charge in [0.25, 0.3) is 0 Å². The Hall–Kier alpha value is -3.54. The van der Waals surface area contributed by atoms with Gasteiger partial charge in [-0.2, -0.15) is 5.26 Å². The van der Waals surface area contributed by atoms with Gasteiger partial charge in [-0.25, -0.2) is 8.78 Å².